The summed E-state index contributed by atoms with van der Waals surface area (Å²) >= 11 is 0. The largest absolute Gasteiger partial charge is 0.389 e. The number of carbonyl (C=O) groups excluding carboxylic acids is 1. The van der Waals surface area contributed by atoms with E-state index in [2.05, 4.69) is 10.0 Å². The molecule has 28 heavy (non-hydrogen) atoms. The Bertz CT molecular complexity index is 1060. The van der Waals surface area contributed by atoms with E-state index < -0.39 is 16.1 Å². The predicted octanol–water partition coefficient (Wildman–Crippen LogP) is 3.79. The second kappa shape index (κ2) is 8.24. The lowest BCUT2D eigenvalue weighted by Gasteiger charge is -2.14. The van der Waals surface area contributed by atoms with Crippen molar-refractivity contribution in [3.05, 3.63) is 90.0 Å². The van der Waals surface area contributed by atoms with Crippen LogP contribution in [0.3, 0.4) is 0 Å². The van der Waals surface area contributed by atoms with Crippen LogP contribution in [-0.4, -0.2) is 19.4 Å². The number of benzene rings is 3. The monoisotopic (exact) mass is 396 g/mol. The van der Waals surface area contributed by atoms with Crippen LogP contribution in [-0.2, 0) is 10.0 Å². The van der Waals surface area contributed by atoms with Crippen molar-refractivity contribution in [3.8, 4) is 0 Å². The van der Waals surface area contributed by atoms with Gasteiger partial charge < -0.3 is 10.4 Å². The summed E-state index contributed by atoms with van der Waals surface area (Å²) in [6, 6.07) is 21.3. The Morgan fingerprint density at radius 2 is 1.50 bits per heavy atom. The van der Waals surface area contributed by atoms with Crippen molar-refractivity contribution >= 4 is 27.3 Å². The minimum atomic E-state index is -3.84. The first-order valence-corrected chi connectivity index (χ1v) is 10.1. The van der Waals surface area contributed by atoms with E-state index in [0.717, 1.165) is 0 Å². The fraction of sp³-hybridized carbons (Fsp3) is 0.0952. The molecule has 3 rings (SSSR count). The maximum atomic E-state index is 12.7. The molecule has 7 heteroatoms. The summed E-state index contributed by atoms with van der Waals surface area (Å²) < 4.78 is 27.8. The first-order chi connectivity index (χ1) is 13.4. The second-order valence-corrected chi connectivity index (χ2v) is 7.90. The summed E-state index contributed by atoms with van der Waals surface area (Å²) in [5.74, 6) is -0.278. The van der Waals surface area contributed by atoms with Gasteiger partial charge >= 0.3 is 0 Å². The summed E-state index contributed by atoms with van der Waals surface area (Å²) in [7, 11) is -3.84. The molecule has 0 aliphatic carbocycles. The number of hydrogen-bond acceptors (Lipinski definition) is 4. The van der Waals surface area contributed by atoms with Crippen LogP contribution in [0.2, 0.25) is 0 Å². The lowest BCUT2D eigenvalue weighted by atomic mass is 10.1. The molecule has 0 saturated carbocycles. The third kappa shape index (κ3) is 4.57. The van der Waals surface area contributed by atoms with Crippen LogP contribution in [0.25, 0.3) is 0 Å². The lowest BCUT2D eigenvalue weighted by Crippen LogP contribution is -2.15. The molecule has 0 aliphatic heterocycles. The Hall–Kier alpha value is -3.16. The number of hydrogen-bond donors (Lipinski definition) is 3. The van der Waals surface area contributed by atoms with Crippen LogP contribution in [0.1, 0.15) is 28.9 Å². The van der Waals surface area contributed by atoms with Gasteiger partial charge in [-0.25, -0.2) is 8.42 Å². The van der Waals surface area contributed by atoms with E-state index in [1.54, 1.807) is 55.5 Å². The zero-order valence-corrected chi connectivity index (χ0v) is 16.0. The molecule has 6 nitrogen and oxygen atoms in total. The summed E-state index contributed by atoms with van der Waals surface area (Å²) in [4.78, 5) is 12.2. The molecule has 0 radical (unpaired) electrons. The Balaban J connectivity index is 1.76. The van der Waals surface area contributed by atoms with Crippen molar-refractivity contribution in [2.75, 3.05) is 10.0 Å². The Morgan fingerprint density at radius 1 is 0.893 bits per heavy atom. The zero-order valence-electron chi connectivity index (χ0n) is 15.2. The van der Waals surface area contributed by atoms with E-state index in [-0.39, 0.29) is 10.8 Å². The van der Waals surface area contributed by atoms with Crippen LogP contribution in [0.15, 0.2) is 83.8 Å². The average molecular weight is 396 g/mol. The molecule has 0 heterocycles. The molecular weight excluding hydrogens is 376 g/mol. The van der Waals surface area contributed by atoms with Crippen LogP contribution in [0.4, 0.5) is 11.4 Å². The zero-order chi connectivity index (χ0) is 20.1. The first kappa shape index (κ1) is 19.6. The van der Waals surface area contributed by atoms with Crippen molar-refractivity contribution in [2.24, 2.45) is 0 Å². The van der Waals surface area contributed by atoms with Gasteiger partial charge in [-0.15, -0.1) is 0 Å². The van der Waals surface area contributed by atoms with Crippen molar-refractivity contribution in [2.45, 2.75) is 17.9 Å². The highest BCUT2D eigenvalue weighted by Crippen LogP contribution is 2.25. The molecule has 0 fully saturated rings. The maximum Gasteiger partial charge on any atom is 0.261 e. The highest BCUT2D eigenvalue weighted by Gasteiger charge is 2.17. The third-order valence-corrected chi connectivity index (χ3v) is 5.50. The van der Waals surface area contributed by atoms with Crippen LogP contribution in [0.5, 0.6) is 0 Å². The van der Waals surface area contributed by atoms with Gasteiger partial charge in [0.2, 0.25) is 0 Å². The van der Waals surface area contributed by atoms with E-state index in [1.807, 2.05) is 6.07 Å². The second-order valence-electron chi connectivity index (χ2n) is 6.21. The van der Waals surface area contributed by atoms with E-state index in [0.29, 0.717) is 22.5 Å². The van der Waals surface area contributed by atoms with Gasteiger partial charge in [0.05, 0.1) is 16.7 Å². The molecule has 0 aliphatic rings. The highest BCUT2D eigenvalue weighted by atomic mass is 32.2. The fourth-order valence-electron chi connectivity index (χ4n) is 2.67. The molecule has 1 unspecified atom stereocenters. The summed E-state index contributed by atoms with van der Waals surface area (Å²) in [5.41, 5.74) is 1.80. The topological polar surface area (TPSA) is 95.5 Å². The normalized spacial score (nSPS) is 12.2. The smallest absolute Gasteiger partial charge is 0.261 e. The van der Waals surface area contributed by atoms with Gasteiger partial charge in [-0.2, -0.15) is 0 Å². The quantitative estimate of drug-likeness (QED) is 0.591. The predicted molar refractivity (Wildman–Crippen MR) is 109 cm³/mol. The van der Waals surface area contributed by atoms with E-state index in [9.17, 15) is 18.3 Å². The summed E-state index contributed by atoms with van der Waals surface area (Å²) in [6.07, 6.45) is -0.811. The Morgan fingerprint density at radius 3 is 2.14 bits per heavy atom. The average Bonchev–Trinajstić information content (AvgIpc) is 2.69. The molecule has 3 aromatic rings. The lowest BCUT2D eigenvalue weighted by molar-refractivity contribution is 0.102. The minimum absolute atomic E-state index is 0.0469. The Kier molecular flexibility index (Phi) is 5.77. The molecular formula is C21H20N2O4S. The number of aliphatic hydroxyl groups excluding tert-OH is 1. The molecule has 3 N–H and O–H groups in total. The molecule has 0 bridgehead atoms. The van der Waals surface area contributed by atoms with Gasteiger partial charge in [0.1, 0.15) is 0 Å². The van der Waals surface area contributed by atoms with Gasteiger partial charge in [0.15, 0.2) is 0 Å². The molecule has 1 amide bonds. The molecule has 0 aromatic heterocycles. The molecule has 0 saturated heterocycles. The van der Waals surface area contributed by atoms with Gasteiger partial charge in [-0.3, -0.25) is 9.52 Å². The number of amides is 1. The Labute approximate surface area is 163 Å². The van der Waals surface area contributed by atoms with Crippen molar-refractivity contribution < 1.29 is 18.3 Å². The van der Waals surface area contributed by atoms with Gasteiger partial charge in [0, 0.05) is 16.8 Å². The van der Waals surface area contributed by atoms with Crippen molar-refractivity contribution in [1.29, 1.82) is 0 Å². The van der Waals surface area contributed by atoms with Crippen LogP contribution >= 0.6 is 0 Å². The third-order valence-electron chi connectivity index (χ3n) is 4.11. The highest BCUT2D eigenvalue weighted by molar-refractivity contribution is 7.92. The van der Waals surface area contributed by atoms with Crippen molar-refractivity contribution in [1.82, 2.24) is 0 Å². The number of rotatable bonds is 6. The number of para-hydroxylation sites is 1. The van der Waals surface area contributed by atoms with Crippen LogP contribution < -0.4 is 10.0 Å². The number of carbonyl (C=O) groups is 1. The SMILES string of the molecule is CC(O)c1ccccc1NS(=O)(=O)c1ccc(NC(=O)c2ccccc2)cc1. The first-order valence-electron chi connectivity index (χ1n) is 8.63. The molecule has 144 valence electrons. The van der Waals surface area contributed by atoms with E-state index >= 15 is 0 Å². The summed E-state index contributed by atoms with van der Waals surface area (Å²) in [5, 5.41) is 12.5. The van der Waals surface area contributed by atoms with Crippen LogP contribution in [0, 0.1) is 0 Å². The van der Waals surface area contributed by atoms with Gasteiger partial charge in [-0.1, -0.05) is 36.4 Å². The fourth-order valence-corrected chi connectivity index (χ4v) is 3.76. The number of nitrogens with one attached hydrogen (secondary N) is 2. The molecule has 1 atom stereocenters. The van der Waals surface area contributed by atoms with Gasteiger partial charge in [-0.05, 0) is 49.4 Å². The molecule has 3 aromatic carbocycles. The number of aliphatic hydroxyl groups is 1. The maximum absolute atomic E-state index is 12.7. The standard InChI is InChI=1S/C21H20N2O4S/c1-15(24)19-9-5-6-10-20(19)23-28(26,27)18-13-11-17(12-14-18)22-21(25)16-7-3-2-4-8-16/h2-15,23-24H,1H3,(H,22,25). The van der Waals surface area contributed by atoms with E-state index in [4.69, 9.17) is 0 Å². The van der Waals surface area contributed by atoms with Gasteiger partial charge in [0.25, 0.3) is 15.9 Å². The van der Waals surface area contributed by atoms with E-state index in [1.165, 1.54) is 24.3 Å². The number of anilines is 2. The minimum Gasteiger partial charge on any atom is -0.389 e. The van der Waals surface area contributed by atoms with Crippen molar-refractivity contribution in [3.63, 3.8) is 0 Å². The summed E-state index contributed by atoms with van der Waals surface area (Å²) in [6.45, 7) is 1.57. The molecule has 0 spiro atoms. The number of sulfonamides is 1.